The molecule has 0 bridgehead atoms. The summed E-state index contributed by atoms with van der Waals surface area (Å²) >= 11 is 0. The minimum absolute atomic E-state index is 0.00213. The van der Waals surface area contributed by atoms with Gasteiger partial charge in [0.1, 0.15) is 0 Å². The van der Waals surface area contributed by atoms with Crippen LogP contribution in [0.4, 0.5) is 0 Å². The molecule has 0 heterocycles. The second-order valence-electron chi connectivity index (χ2n) is 10.8. The number of fused-ring (bicyclic) bond motifs is 6. The monoisotopic (exact) mass is 454 g/mol. The summed E-state index contributed by atoms with van der Waals surface area (Å²) in [6.45, 7) is 13.6. The average molecular weight is 455 g/mol. The van der Waals surface area contributed by atoms with Gasteiger partial charge in [-0.3, -0.25) is 4.99 Å². The summed E-state index contributed by atoms with van der Waals surface area (Å²) in [4.78, 5) is 9.23. The van der Waals surface area contributed by atoms with Gasteiger partial charge in [0, 0.05) is 16.4 Å². The maximum atomic E-state index is 4.91. The van der Waals surface area contributed by atoms with E-state index < -0.39 is 0 Å². The van der Waals surface area contributed by atoms with Gasteiger partial charge in [0.15, 0.2) is 5.84 Å². The van der Waals surface area contributed by atoms with Crippen LogP contribution in [0.5, 0.6) is 0 Å². The first-order valence-corrected chi connectivity index (χ1v) is 12.3. The van der Waals surface area contributed by atoms with Crippen molar-refractivity contribution in [1.82, 2.24) is 0 Å². The molecule has 0 amide bonds. The highest BCUT2D eigenvalue weighted by atomic mass is 14.9. The summed E-state index contributed by atoms with van der Waals surface area (Å²) in [6.07, 6.45) is 0. The fraction of sp³-hybridized carbons (Fsp3) is 0.212. The topological polar surface area (TPSA) is 24.7 Å². The van der Waals surface area contributed by atoms with Crippen molar-refractivity contribution in [3.8, 4) is 22.3 Å². The number of aliphatic imine (C=N–C) groups is 2. The largest absolute Gasteiger partial charge is 0.261 e. The number of benzene rings is 4. The zero-order valence-electron chi connectivity index (χ0n) is 20.9. The summed E-state index contributed by atoms with van der Waals surface area (Å²) in [7, 11) is 0. The van der Waals surface area contributed by atoms with Crippen molar-refractivity contribution < 1.29 is 0 Å². The molecule has 35 heavy (non-hydrogen) atoms. The summed E-state index contributed by atoms with van der Waals surface area (Å²) in [5.74, 6) is 0.691. The van der Waals surface area contributed by atoms with Crippen LogP contribution < -0.4 is 0 Å². The molecule has 0 saturated heterocycles. The smallest absolute Gasteiger partial charge is 0.154 e. The van der Waals surface area contributed by atoms with E-state index in [9.17, 15) is 0 Å². The predicted molar refractivity (Wildman–Crippen MR) is 148 cm³/mol. The lowest BCUT2D eigenvalue weighted by Crippen LogP contribution is -2.15. The van der Waals surface area contributed by atoms with Crippen LogP contribution in [0.25, 0.3) is 22.3 Å². The summed E-state index contributed by atoms with van der Waals surface area (Å²) < 4.78 is 0. The number of rotatable bonds is 3. The molecule has 2 aliphatic rings. The molecule has 6 rings (SSSR count). The van der Waals surface area contributed by atoms with Crippen LogP contribution in [0.15, 0.2) is 94.9 Å². The Balaban J connectivity index is 1.35. The van der Waals surface area contributed by atoms with Gasteiger partial charge < -0.3 is 0 Å². The molecule has 172 valence electrons. The predicted octanol–water partition coefficient (Wildman–Crippen LogP) is 7.95. The normalized spacial score (nSPS) is 16.3. The van der Waals surface area contributed by atoms with Crippen molar-refractivity contribution in [3.05, 3.63) is 118 Å². The lowest BCUT2D eigenvalue weighted by molar-refractivity contribution is 0.660. The highest BCUT2D eigenvalue weighted by Gasteiger charge is 2.36. The SMILES string of the molecule is C=NC(=NCc1ccc2c(c1)-c1ccccc1C2(C)C)c1ccc2c(c1)-c1ccccc1C2(C)C. The lowest BCUT2D eigenvalue weighted by atomic mass is 9.82. The summed E-state index contributed by atoms with van der Waals surface area (Å²) in [5.41, 5.74) is 13.0. The molecular weight excluding hydrogens is 424 g/mol. The number of hydrogen-bond donors (Lipinski definition) is 0. The van der Waals surface area contributed by atoms with Gasteiger partial charge in [-0.1, -0.05) is 100 Å². The van der Waals surface area contributed by atoms with E-state index >= 15 is 0 Å². The second-order valence-corrected chi connectivity index (χ2v) is 10.8. The maximum Gasteiger partial charge on any atom is 0.154 e. The van der Waals surface area contributed by atoms with Gasteiger partial charge >= 0.3 is 0 Å². The minimum atomic E-state index is -0.00213. The van der Waals surface area contributed by atoms with E-state index in [1.807, 2.05) is 0 Å². The summed E-state index contributed by atoms with van der Waals surface area (Å²) in [6, 6.07) is 30.8. The van der Waals surface area contributed by atoms with Gasteiger partial charge in [0.25, 0.3) is 0 Å². The van der Waals surface area contributed by atoms with Crippen LogP contribution in [-0.4, -0.2) is 12.6 Å². The third-order valence-corrected chi connectivity index (χ3v) is 8.05. The first-order valence-electron chi connectivity index (χ1n) is 12.3. The molecule has 0 aromatic heterocycles. The number of nitrogens with zero attached hydrogens (tertiary/aromatic N) is 2. The quantitative estimate of drug-likeness (QED) is 0.222. The standard InChI is InChI=1S/C33H30N2/c1-32(2)27-12-8-6-10-23(27)25-18-21(14-16-29(25)32)20-35-31(34-5)22-15-17-30-26(19-22)24-11-7-9-13-28(24)33(30,3)4/h6-19H,5,20H2,1-4H3. The average Bonchev–Trinajstić information content (AvgIpc) is 3.24. The Labute approximate surface area is 208 Å². The molecule has 2 heteroatoms. The Morgan fingerprint density at radius 1 is 0.629 bits per heavy atom. The molecule has 0 atom stereocenters. The maximum absolute atomic E-state index is 4.91. The molecule has 0 aliphatic heterocycles. The Bertz CT molecular complexity index is 1530. The number of amidine groups is 1. The van der Waals surface area contributed by atoms with E-state index in [-0.39, 0.29) is 10.8 Å². The Morgan fingerprint density at radius 2 is 1.14 bits per heavy atom. The van der Waals surface area contributed by atoms with Crippen molar-refractivity contribution in [3.63, 3.8) is 0 Å². The van der Waals surface area contributed by atoms with Gasteiger partial charge in [-0.2, -0.15) is 0 Å². The first kappa shape index (κ1) is 21.7. The molecule has 0 saturated carbocycles. The fourth-order valence-corrected chi connectivity index (χ4v) is 6.12. The Hall–Kier alpha value is -3.78. The molecule has 0 N–H and O–H groups in total. The third kappa shape index (κ3) is 3.16. The van der Waals surface area contributed by atoms with E-state index in [1.54, 1.807) is 0 Å². The van der Waals surface area contributed by atoms with Gasteiger partial charge in [0.05, 0.1) is 6.54 Å². The van der Waals surface area contributed by atoms with Crippen LogP contribution in [0, 0.1) is 0 Å². The van der Waals surface area contributed by atoms with Crippen molar-refractivity contribution in [2.45, 2.75) is 45.1 Å². The molecule has 4 aromatic carbocycles. The molecule has 0 spiro atoms. The van der Waals surface area contributed by atoms with Gasteiger partial charge in [-0.25, -0.2) is 4.99 Å². The van der Waals surface area contributed by atoms with Crippen LogP contribution >= 0.6 is 0 Å². The van der Waals surface area contributed by atoms with Gasteiger partial charge in [0.2, 0.25) is 0 Å². The fourth-order valence-electron chi connectivity index (χ4n) is 6.12. The first-order chi connectivity index (χ1) is 16.8. The van der Waals surface area contributed by atoms with E-state index in [0.717, 1.165) is 5.56 Å². The number of hydrogen-bond acceptors (Lipinski definition) is 1. The molecule has 0 fully saturated rings. The molecule has 2 aliphatic carbocycles. The molecule has 2 nitrogen and oxygen atoms in total. The third-order valence-electron chi connectivity index (χ3n) is 8.05. The summed E-state index contributed by atoms with van der Waals surface area (Å²) in [5, 5.41) is 0. The van der Waals surface area contributed by atoms with E-state index in [1.165, 1.54) is 50.1 Å². The zero-order valence-corrected chi connectivity index (χ0v) is 20.9. The molecule has 0 radical (unpaired) electrons. The molecule has 4 aromatic rings. The molecule has 0 unspecified atom stereocenters. The Morgan fingerprint density at radius 3 is 1.74 bits per heavy atom. The van der Waals surface area contributed by atoms with Gasteiger partial charge in [-0.05, 0) is 68.9 Å². The van der Waals surface area contributed by atoms with Crippen molar-refractivity contribution in [1.29, 1.82) is 0 Å². The van der Waals surface area contributed by atoms with Crippen LogP contribution in [0.1, 0.15) is 61.1 Å². The van der Waals surface area contributed by atoms with Gasteiger partial charge in [-0.15, -0.1) is 0 Å². The van der Waals surface area contributed by atoms with Crippen LogP contribution in [-0.2, 0) is 17.4 Å². The molecular formula is C33H30N2. The van der Waals surface area contributed by atoms with Crippen molar-refractivity contribution in [2.75, 3.05) is 0 Å². The second kappa shape index (κ2) is 7.61. The highest BCUT2D eigenvalue weighted by molar-refractivity contribution is 6.03. The van der Waals surface area contributed by atoms with E-state index in [4.69, 9.17) is 4.99 Å². The lowest BCUT2D eigenvalue weighted by Gasteiger charge is -2.21. The van der Waals surface area contributed by atoms with Crippen molar-refractivity contribution >= 4 is 12.6 Å². The van der Waals surface area contributed by atoms with Crippen molar-refractivity contribution in [2.24, 2.45) is 9.98 Å². The van der Waals surface area contributed by atoms with E-state index in [2.05, 4.69) is 124 Å². The highest BCUT2D eigenvalue weighted by Crippen LogP contribution is 2.49. The Kier molecular flexibility index (Phi) is 4.73. The van der Waals surface area contributed by atoms with E-state index in [0.29, 0.717) is 12.4 Å². The minimum Gasteiger partial charge on any atom is -0.261 e. The van der Waals surface area contributed by atoms with Crippen LogP contribution in [0.2, 0.25) is 0 Å². The van der Waals surface area contributed by atoms with Crippen LogP contribution in [0.3, 0.4) is 0 Å². The zero-order chi connectivity index (χ0) is 24.4.